The molecule has 4 aliphatic rings. The van der Waals surface area contributed by atoms with Crippen LogP contribution in [0.25, 0.3) is 44.4 Å². The second-order valence-corrected chi connectivity index (χ2v) is 14.9. The van der Waals surface area contributed by atoms with Crippen molar-refractivity contribution in [2.45, 2.75) is 69.7 Å². The number of nitrogens with zero attached hydrogens (tertiary/aromatic N) is 4. The van der Waals surface area contributed by atoms with Crippen LogP contribution in [0.15, 0.2) is 73.1 Å². The number of benzene rings is 3. The van der Waals surface area contributed by atoms with Gasteiger partial charge in [-0.1, -0.05) is 62.4 Å². The first-order valence-corrected chi connectivity index (χ1v) is 17.5. The molecule has 3 aromatic carbocycles. The van der Waals surface area contributed by atoms with E-state index in [1.165, 1.54) is 19.9 Å². The molecule has 250 valence electrons. The fraction of sp³-hybridized carbons (Fsp3) is 0.385. The Hall–Kier alpha value is -4.96. The van der Waals surface area contributed by atoms with Crippen LogP contribution < -0.4 is 5.32 Å². The van der Waals surface area contributed by atoms with Gasteiger partial charge in [-0.25, -0.2) is 14.8 Å². The number of nitrogens with one attached hydrogen (secondary N) is 3. The van der Waals surface area contributed by atoms with Crippen LogP contribution in [0, 0.1) is 17.8 Å². The third kappa shape index (κ3) is 5.29. The average Bonchev–Trinajstić information content (AvgIpc) is 3.65. The van der Waals surface area contributed by atoms with Crippen LogP contribution in [0.1, 0.15) is 63.3 Å². The fourth-order valence-electron chi connectivity index (χ4n) is 8.46. The molecule has 4 heterocycles. The number of H-pyrrole nitrogens is 2. The number of rotatable bonds is 8. The van der Waals surface area contributed by atoms with Crippen LogP contribution in [0.4, 0.5) is 4.79 Å². The van der Waals surface area contributed by atoms with Crippen molar-refractivity contribution in [1.29, 1.82) is 0 Å². The van der Waals surface area contributed by atoms with Gasteiger partial charge in [-0.3, -0.25) is 9.69 Å². The molecule has 2 aliphatic carbocycles. The summed E-state index contributed by atoms with van der Waals surface area (Å²) in [6, 6.07) is 21.9. The first kappa shape index (κ1) is 30.1. The van der Waals surface area contributed by atoms with E-state index >= 15 is 0 Å². The third-order valence-electron chi connectivity index (χ3n) is 11.3. The molecule has 7 atom stereocenters. The van der Waals surface area contributed by atoms with E-state index in [1.54, 1.807) is 0 Å². The number of carbonyl (C=O) groups is 2. The predicted molar refractivity (Wildman–Crippen MR) is 187 cm³/mol. The lowest BCUT2D eigenvalue weighted by atomic mass is 9.98. The van der Waals surface area contributed by atoms with Gasteiger partial charge in [-0.05, 0) is 83.0 Å². The van der Waals surface area contributed by atoms with E-state index in [4.69, 9.17) is 4.98 Å². The molecule has 49 heavy (non-hydrogen) atoms. The van der Waals surface area contributed by atoms with Gasteiger partial charge in [-0.15, -0.1) is 0 Å². The highest BCUT2D eigenvalue weighted by Crippen LogP contribution is 2.53. The number of amides is 2. The van der Waals surface area contributed by atoms with E-state index in [0.29, 0.717) is 18.0 Å². The molecular formula is C39H41N7O3. The number of carboxylic acid groups (broad SMARTS) is 1. The van der Waals surface area contributed by atoms with E-state index in [-0.39, 0.29) is 23.9 Å². The summed E-state index contributed by atoms with van der Waals surface area (Å²) in [4.78, 5) is 45.2. The quantitative estimate of drug-likeness (QED) is 0.142. The van der Waals surface area contributed by atoms with E-state index in [1.807, 2.05) is 31.1 Å². The number of hydrogen-bond acceptors (Lipinski definition) is 5. The number of likely N-dealkylation sites (tertiary alicyclic amines) is 1. The average molecular weight is 656 g/mol. The fourth-order valence-corrected chi connectivity index (χ4v) is 8.46. The molecule has 5 aromatic rings. The first-order chi connectivity index (χ1) is 23.7. The zero-order valence-electron chi connectivity index (χ0n) is 27.9. The van der Waals surface area contributed by atoms with Crippen molar-refractivity contribution in [2.75, 3.05) is 7.05 Å². The Balaban J connectivity index is 0.913. The summed E-state index contributed by atoms with van der Waals surface area (Å²) in [5.41, 5.74) is 6.32. The van der Waals surface area contributed by atoms with Crippen molar-refractivity contribution in [1.82, 2.24) is 35.1 Å². The van der Waals surface area contributed by atoms with E-state index in [0.717, 1.165) is 79.7 Å². The summed E-state index contributed by atoms with van der Waals surface area (Å²) >= 11 is 0. The normalized spacial score (nSPS) is 25.8. The van der Waals surface area contributed by atoms with Crippen molar-refractivity contribution < 1.29 is 14.7 Å². The topological polar surface area (TPSA) is 130 Å². The van der Waals surface area contributed by atoms with Gasteiger partial charge >= 0.3 is 6.09 Å². The van der Waals surface area contributed by atoms with Crippen molar-refractivity contribution in [3.63, 3.8) is 0 Å². The molecule has 4 fully saturated rings. The van der Waals surface area contributed by atoms with Gasteiger partial charge in [0, 0.05) is 30.9 Å². The van der Waals surface area contributed by atoms with Crippen molar-refractivity contribution in [2.24, 2.45) is 17.8 Å². The Morgan fingerprint density at radius 3 is 2.31 bits per heavy atom. The molecule has 2 aromatic heterocycles. The summed E-state index contributed by atoms with van der Waals surface area (Å²) in [7, 11) is 1.48. The van der Waals surface area contributed by atoms with Crippen LogP contribution in [0.2, 0.25) is 0 Å². The largest absolute Gasteiger partial charge is 0.465 e. The summed E-state index contributed by atoms with van der Waals surface area (Å²) in [6.07, 6.45) is 7.07. The molecular weight excluding hydrogens is 614 g/mol. The lowest BCUT2D eigenvalue weighted by Crippen LogP contribution is -2.52. The third-order valence-corrected chi connectivity index (χ3v) is 11.3. The molecule has 0 bridgehead atoms. The van der Waals surface area contributed by atoms with Gasteiger partial charge < -0.3 is 25.3 Å². The van der Waals surface area contributed by atoms with E-state index in [9.17, 15) is 14.7 Å². The molecule has 2 aliphatic heterocycles. The molecule has 4 N–H and O–H groups in total. The Kier molecular flexibility index (Phi) is 6.95. The van der Waals surface area contributed by atoms with Gasteiger partial charge in [-0.2, -0.15) is 0 Å². The molecule has 10 heteroatoms. The zero-order chi connectivity index (χ0) is 33.6. The maximum Gasteiger partial charge on any atom is 0.407 e. The van der Waals surface area contributed by atoms with Crippen LogP contribution >= 0.6 is 0 Å². The van der Waals surface area contributed by atoms with E-state index < -0.39 is 12.1 Å². The zero-order valence-corrected chi connectivity index (χ0v) is 27.9. The van der Waals surface area contributed by atoms with Gasteiger partial charge in [0.15, 0.2) is 0 Å². The van der Waals surface area contributed by atoms with Crippen molar-refractivity contribution in [3.05, 3.63) is 84.7 Å². The van der Waals surface area contributed by atoms with Gasteiger partial charge in [0.25, 0.3) is 0 Å². The number of aromatic nitrogens is 4. The molecule has 2 saturated carbocycles. The SMILES string of the molecule is CC(C)[C@@H](C(=O)N1[C@@H]2C[C@@H]2C[C@H]1c1nc(-c2ccc3cc(-c4ccc(-c5cnc([C@@H]6C[C@@H]7C[C@H]7N6)[nH]5)cc4)ccc3c2)c[nH]1)N(C)C(=O)O. The lowest BCUT2D eigenvalue weighted by Gasteiger charge is -2.35. The van der Waals surface area contributed by atoms with Crippen molar-refractivity contribution in [3.8, 4) is 33.6 Å². The first-order valence-electron chi connectivity index (χ1n) is 17.5. The minimum atomic E-state index is -1.09. The number of likely N-dealkylation sites (N-methyl/N-ethyl adjacent to an activating group) is 1. The minimum absolute atomic E-state index is 0.132. The molecule has 9 rings (SSSR count). The number of imidazole rings is 2. The Labute approximate surface area is 285 Å². The molecule has 0 spiro atoms. The Morgan fingerprint density at radius 2 is 1.59 bits per heavy atom. The highest BCUT2D eigenvalue weighted by Gasteiger charge is 2.56. The van der Waals surface area contributed by atoms with E-state index in [2.05, 4.69) is 80.9 Å². The smallest absolute Gasteiger partial charge is 0.407 e. The highest BCUT2D eigenvalue weighted by molar-refractivity contribution is 5.91. The number of hydrogen-bond donors (Lipinski definition) is 4. The lowest BCUT2D eigenvalue weighted by molar-refractivity contribution is -0.139. The second kappa shape index (κ2) is 11.3. The standard InChI is InChI=1S/C39H41N7O3/c1-20(2)35(45(3)39(48)49)38(47)46-33-16-28(33)17-34(46)37-41-19-32(44-37)26-11-10-24-12-23(8-9-25(24)13-26)21-4-6-22(7-5-21)31-18-40-36(43-31)30-15-27-14-29(27)42-30/h4-13,18-20,27-30,33-35,42H,14-17H2,1-3H3,(H,40,43)(H,41,44)(H,48,49)/t27-,28+,29+,30-,33+,34-,35-/m0/s1. The Bertz CT molecular complexity index is 2070. The molecule has 0 unspecified atom stereocenters. The molecule has 0 radical (unpaired) electrons. The van der Waals surface area contributed by atoms with Crippen LogP contribution in [0.3, 0.4) is 0 Å². The summed E-state index contributed by atoms with van der Waals surface area (Å²) in [5.74, 6) is 2.80. The monoisotopic (exact) mass is 655 g/mol. The predicted octanol–water partition coefficient (Wildman–Crippen LogP) is 7.01. The molecule has 2 amide bonds. The second-order valence-electron chi connectivity index (χ2n) is 14.9. The summed E-state index contributed by atoms with van der Waals surface area (Å²) in [6.45, 7) is 3.79. The number of aromatic amines is 2. The van der Waals surface area contributed by atoms with Crippen molar-refractivity contribution >= 4 is 22.8 Å². The maximum absolute atomic E-state index is 13.8. The van der Waals surface area contributed by atoms with Gasteiger partial charge in [0.2, 0.25) is 5.91 Å². The summed E-state index contributed by atoms with van der Waals surface area (Å²) < 4.78 is 0. The van der Waals surface area contributed by atoms with Gasteiger partial charge in [0.05, 0.1) is 29.7 Å². The molecule has 2 saturated heterocycles. The molecule has 10 nitrogen and oxygen atoms in total. The van der Waals surface area contributed by atoms with Crippen LogP contribution in [-0.4, -0.2) is 72.0 Å². The number of piperidine rings is 2. The minimum Gasteiger partial charge on any atom is -0.465 e. The maximum atomic E-state index is 13.8. The van der Waals surface area contributed by atoms with Crippen LogP contribution in [0.5, 0.6) is 0 Å². The Morgan fingerprint density at radius 1 is 0.878 bits per heavy atom. The summed E-state index contributed by atoms with van der Waals surface area (Å²) in [5, 5.41) is 15.6. The highest BCUT2D eigenvalue weighted by atomic mass is 16.4. The van der Waals surface area contributed by atoms with Crippen LogP contribution in [-0.2, 0) is 4.79 Å². The van der Waals surface area contributed by atoms with Gasteiger partial charge in [0.1, 0.15) is 17.7 Å². The number of carbonyl (C=O) groups excluding carboxylic acids is 1. The number of fused-ring (bicyclic) bond motifs is 3.